The molecule has 26 heavy (non-hydrogen) atoms. The quantitative estimate of drug-likeness (QED) is 0.575. The molecule has 1 amide bonds. The number of amides is 1. The summed E-state index contributed by atoms with van der Waals surface area (Å²) in [5.74, 6) is -0.0399. The molecule has 2 aromatic heterocycles. The van der Waals surface area contributed by atoms with E-state index < -0.39 is 0 Å². The van der Waals surface area contributed by atoms with E-state index in [0.717, 1.165) is 39.3 Å². The first-order chi connectivity index (χ1) is 12.1. The zero-order valence-electron chi connectivity index (χ0n) is 14.5. The van der Waals surface area contributed by atoms with Gasteiger partial charge < -0.3 is 11.1 Å². The van der Waals surface area contributed by atoms with Gasteiger partial charge in [-0.3, -0.25) is 9.48 Å². The van der Waals surface area contributed by atoms with Gasteiger partial charge in [0.25, 0.3) is 5.91 Å². The van der Waals surface area contributed by atoms with Crippen molar-refractivity contribution < 1.29 is 4.79 Å². The van der Waals surface area contributed by atoms with Crippen LogP contribution in [0.5, 0.6) is 0 Å². The van der Waals surface area contributed by atoms with E-state index in [0.29, 0.717) is 24.5 Å². The number of carbonyl (C=O) groups is 1. The maximum Gasteiger partial charge on any atom is 0.261 e. The minimum atomic E-state index is -0.0399. The number of thiophene rings is 1. The van der Waals surface area contributed by atoms with Gasteiger partial charge in [0.15, 0.2) is 0 Å². The van der Waals surface area contributed by atoms with Gasteiger partial charge >= 0.3 is 0 Å². The van der Waals surface area contributed by atoms with E-state index in [2.05, 4.69) is 10.4 Å². The number of halogens is 2. The van der Waals surface area contributed by atoms with Crippen LogP contribution in [0.25, 0.3) is 10.2 Å². The number of hydrogen-bond acceptors (Lipinski definition) is 4. The lowest BCUT2D eigenvalue weighted by atomic mass is 10.2. The third kappa shape index (κ3) is 4.57. The van der Waals surface area contributed by atoms with Gasteiger partial charge in [0.05, 0.1) is 17.1 Å². The minimum Gasteiger partial charge on any atom is -0.351 e. The highest BCUT2D eigenvalue weighted by molar-refractivity contribution is 7.20. The van der Waals surface area contributed by atoms with Crippen molar-refractivity contribution in [3.8, 4) is 0 Å². The summed E-state index contributed by atoms with van der Waals surface area (Å²) < 4.78 is 1.92. The molecule has 0 atom stereocenters. The fourth-order valence-electron chi connectivity index (χ4n) is 2.68. The van der Waals surface area contributed by atoms with Gasteiger partial charge in [-0.05, 0) is 44.0 Å². The molecule has 2 heterocycles. The molecule has 1 aromatic carbocycles. The summed E-state index contributed by atoms with van der Waals surface area (Å²) in [6.45, 7) is 3.84. The lowest BCUT2D eigenvalue weighted by Crippen LogP contribution is -2.24. The van der Waals surface area contributed by atoms with Gasteiger partial charge in [0.2, 0.25) is 0 Å². The Labute approximate surface area is 167 Å². The molecule has 0 bridgehead atoms. The van der Waals surface area contributed by atoms with Crippen LogP contribution < -0.4 is 11.1 Å². The van der Waals surface area contributed by atoms with Gasteiger partial charge in [-0.1, -0.05) is 29.8 Å². The smallest absolute Gasteiger partial charge is 0.261 e. The van der Waals surface area contributed by atoms with Gasteiger partial charge in [-0.15, -0.1) is 23.7 Å². The molecule has 0 aliphatic carbocycles. The number of hydrogen-bond donors (Lipinski definition) is 2. The van der Waals surface area contributed by atoms with Crippen LogP contribution in [0, 0.1) is 6.92 Å². The second kappa shape index (κ2) is 9.37. The summed E-state index contributed by atoms with van der Waals surface area (Å²) in [6.07, 6.45) is 1.81. The van der Waals surface area contributed by atoms with Gasteiger partial charge in [-0.2, -0.15) is 5.10 Å². The van der Waals surface area contributed by atoms with E-state index in [9.17, 15) is 4.79 Å². The molecule has 0 radical (unpaired) electrons. The monoisotopic (exact) mass is 412 g/mol. The zero-order chi connectivity index (χ0) is 17.8. The first-order valence-electron chi connectivity index (χ1n) is 8.28. The van der Waals surface area contributed by atoms with Crippen LogP contribution >= 0.6 is 35.3 Å². The lowest BCUT2D eigenvalue weighted by Gasteiger charge is -2.05. The summed E-state index contributed by atoms with van der Waals surface area (Å²) in [5.41, 5.74) is 7.40. The SMILES string of the molecule is Cc1nn(Cc2ccccc2Cl)c2sc(C(=O)NCCCCN)cc12.Cl. The Morgan fingerprint density at radius 3 is 2.85 bits per heavy atom. The standard InChI is InChI=1S/C18H21ClN4OS.ClH/c1-12-14-10-16(17(24)21-9-5-4-8-20)25-18(14)23(22-12)11-13-6-2-3-7-15(13)19;/h2-3,6-7,10H,4-5,8-9,11,20H2,1H3,(H,21,24);1H. The number of benzene rings is 1. The molecule has 0 spiro atoms. The van der Waals surface area contributed by atoms with Crippen LogP contribution in [0.1, 0.15) is 33.8 Å². The van der Waals surface area contributed by atoms with Crippen molar-refractivity contribution in [3.63, 3.8) is 0 Å². The highest BCUT2D eigenvalue weighted by Crippen LogP contribution is 2.29. The van der Waals surface area contributed by atoms with Crippen LogP contribution in [0.4, 0.5) is 0 Å². The average Bonchev–Trinajstić information content (AvgIpc) is 3.15. The summed E-state index contributed by atoms with van der Waals surface area (Å²) in [4.78, 5) is 14.0. The van der Waals surface area contributed by atoms with E-state index >= 15 is 0 Å². The van der Waals surface area contributed by atoms with Crippen LogP contribution in [-0.2, 0) is 6.54 Å². The molecule has 0 saturated heterocycles. The van der Waals surface area contributed by atoms with E-state index in [-0.39, 0.29) is 18.3 Å². The average molecular weight is 413 g/mol. The van der Waals surface area contributed by atoms with Crippen LogP contribution in [-0.4, -0.2) is 28.8 Å². The van der Waals surface area contributed by atoms with Crippen LogP contribution in [0.3, 0.4) is 0 Å². The number of unbranched alkanes of at least 4 members (excludes halogenated alkanes) is 1. The largest absolute Gasteiger partial charge is 0.351 e. The maximum absolute atomic E-state index is 12.3. The predicted molar refractivity (Wildman–Crippen MR) is 111 cm³/mol. The minimum absolute atomic E-state index is 0. The van der Waals surface area contributed by atoms with E-state index in [1.165, 1.54) is 11.3 Å². The molecule has 0 aliphatic rings. The van der Waals surface area contributed by atoms with Crippen molar-refractivity contribution in [2.24, 2.45) is 5.73 Å². The van der Waals surface area contributed by atoms with Crippen molar-refractivity contribution >= 4 is 51.5 Å². The fraction of sp³-hybridized carbons (Fsp3) is 0.333. The second-order valence-corrected chi connectivity index (χ2v) is 7.35. The molecule has 0 unspecified atom stereocenters. The number of aryl methyl sites for hydroxylation is 1. The molecule has 3 aromatic rings. The number of nitrogens with zero attached hydrogens (tertiary/aromatic N) is 2. The molecule has 8 heteroatoms. The second-order valence-electron chi connectivity index (χ2n) is 5.92. The van der Waals surface area contributed by atoms with Crippen molar-refractivity contribution in [2.45, 2.75) is 26.3 Å². The molecule has 140 valence electrons. The highest BCUT2D eigenvalue weighted by atomic mass is 35.5. The van der Waals surface area contributed by atoms with Gasteiger partial charge in [-0.25, -0.2) is 0 Å². The molecule has 3 N–H and O–H groups in total. The molecule has 0 aliphatic heterocycles. The van der Waals surface area contributed by atoms with Crippen molar-refractivity contribution in [3.05, 3.63) is 51.5 Å². The molecular formula is C18H22Cl2N4OS. The van der Waals surface area contributed by atoms with Gasteiger partial charge in [0, 0.05) is 17.0 Å². The third-order valence-corrected chi connectivity index (χ3v) is 5.54. The summed E-state index contributed by atoms with van der Waals surface area (Å²) in [7, 11) is 0. The first-order valence-corrected chi connectivity index (χ1v) is 9.48. The van der Waals surface area contributed by atoms with Crippen molar-refractivity contribution in [1.82, 2.24) is 15.1 Å². The predicted octanol–water partition coefficient (Wildman–Crippen LogP) is 4.00. The number of rotatable bonds is 7. The number of carbonyl (C=O) groups excluding carboxylic acids is 1. The normalized spacial score (nSPS) is 10.7. The number of fused-ring (bicyclic) bond motifs is 1. The molecule has 5 nitrogen and oxygen atoms in total. The fourth-order valence-corrected chi connectivity index (χ4v) is 3.95. The first kappa shape index (κ1) is 20.7. The van der Waals surface area contributed by atoms with E-state index in [4.69, 9.17) is 17.3 Å². The Morgan fingerprint density at radius 1 is 1.35 bits per heavy atom. The number of nitrogens with two attached hydrogens (primary N) is 1. The van der Waals surface area contributed by atoms with Crippen LogP contribution in [0.15, 0.2) is 30.3 Å². The molecule has 0 fully saturated rings. The number of aromatic nitrogens is 2. The van der Waals surface area contributed by atoms with Gasteiger partial charge in [0.1, 0.15) is 4.83 Å². The zero-order valence-corrected chi connectivity index (χ0v) is 16.9. The summed E-state index contributed by atoms with van der Waals surface area (Å²) in [5, 5.41) is 9.28. The Kier molecular flexibility index (Phi) is 7.46. The molecule has 3 rings (SSSR count). The summed E-state index contributed by atoms with van der Waals surface area (Å²) in [6, 6.07) is 9.66. The molecule has 0 saturated carbocycles. The van der Waals surface area contributed by atoms with Crippen molar-refractivity contribution in [1.29, 1.82) is 0 Å². The van der Waals surface area contributed by atoms with Crippen LogP contribution in [0.2, 0.25) is 5.02 Å². The Balaban J connectivity index is 0.00000243. The third-order valence-electron chi connectivity index (χ3n) is 4.03. The maximum atomic E-state index is 12.3. The van der Waals surface area contributed by atoms with E-state index in [1.54, 1.807) is 0 Å². The molecular weight excluding hydrogens is 391 g/mol. The highest BCUT2D eigenvalue weighted by Gasteiger charge is 2.16. The Bertz CT molecular complexity index is 891. The Morgan fingerprint density at radius 2 is 2.12 bits per heavy atom. The van der Waals surface area contributed by atoms with Crippen molar-refractivity contribution in [2.75, 3.05) is 13.1 Å². The topological polar surface area (TPSA) is 72.9 Å². The number of nitrogens with one attached hydrogen (secondary N) is 1. The lowest BCUT2D eigenvalue weighted by molar-refractivity contribution is 0.0957. The Hall–Kier alpha value is -1.60. The summed E-state index contributed by atoms with van der Waals surface area (Å²) >= 11 is 7.72. The van der Waals surface area contributed by atoms with E-state index in [1.807, 2.05) is 41.9 Å².